The lowest BCUT2D eigenvalue weighted by Gasteiger charge is -2.26. The molecule has 2 heterocycles. The van der Waals surface area contributed by atoms with Crippen molar-refractivity contribution in [3.05, 3.63) is 59.2 Å². The summed E-state index contributed by atoms with van der Waals surface area (Å²) < 4.78 is 14.9. The average Bonchev–Trinajstić information content (AvgIpc) is 3.03. The maximum absolute atomic E-state index is 12.9. The smallest absolute Gasteiger partial charge is 0.317 e. The molecule has 0 radical (unpaired) electrons. The lowest BCUT2D eigenvalue weighted by Crippen LogP contribution is -2.34. The lowest BCUT2D eigenvalue weighted by atomic mass is 10.2. The number of fused-ring (bicyclic) bond motifs is 1. The number of amides is 2. The van der Waals surface area contributed by atoms with Gasteiger partial charge in [-0.1, -0.05) is 24.3 Å². The molecule has 0 aliphatic carbocycles. The Balaban J connectivity index is 1.52. The van der Waals surface area contributed by atoms with E-state index in [9.17, 15) is 9.18 Å². The number of urea groups is 1. The standard InChI is InChI=1S/C19H24FN5O/c1-23(2)19(26)21-13-17-12-18-14-24(10-11-25(18)22-17)9-3-4-15-5-7-16(20)8-6-15/h3-8,12H,9-11,13-14H2,1-2H3,(H,21,26). The molecular weight excluding hydrogens is 333 g/mol. The van der Waals surface area contributed by atoms with Crippen molar-refractivity contribution in [2.45, 2.75) is 19.6 Å². The fourth-order valence-corrected chi connectivity index (χ4v) is 2.86. The molecule has 0 bridgehead atoms. The number of nitrogens with zero attached hydrogens (tertiary/aromatic N) is 4. The van der Waals surface area contributed by atoms with Gasteiger partial charge < -0.3 is 10.2 Å². The number of rotatable bonds is 5. The third-order valence-corrected chi connectivity index (χ3v) is 4.30. The molecule has 0 atom stereocenters. The SMILES string of the molecule is CN(C)C(=O)NCc1cc2n(n1)CCN(CC=Cc1ccc(F)cc1)C2. The van der Waals surface area contributed by atoms with Gasteiger partial charge in [0.05, 0.1) is 24.5 Å². The highest BCUT2D eigenvalue weighted by Gasteiger charge is 2.17. The number of halogens is 1. The van der Waals surface area contributed by atoms with Gasteiger partial charge in [0.2, 0.25) is 0 Å². The molecule has 0 saturated heterocycles. The number of aromatic nitrogens is 2. The fourth-order valence-electron chi connectivity index (χ4n) is 2.86. The Morgan fingerprint density at radius 1 is 1.31 bits per heavy atom. The molecule has 2 aromatic rings. The van der Waals surface area contributed by atoms with Gasteiger partial charge in [-0.15, -0.1) is 0 Å². The van der Waals surface area contributed by atoms with Gasteiger partial charge in [0.1, 0.15) is 5.82 Å². The van der Waals surface area contributed by atoms with Crippen molar-refractivity contribution < 1.29 is 9.18 Å². The summed E-state index contributed by atoms with van der Waals surface area (Å²) in [6.45, 7) is 3.84. The van der Waals surface area contributed by atoms with E-state index in [-0.39, 0.29) is 11.8 Å². The van der Waals surface area contributed by atoms with E-state index in [1.807, 2.05) is 16.8 Å². The zero-order valence-corrected chi connectivity index (χ0v) is 15.2. The van der Waals surface area contributed by atoms with Crippen LogP contribution in [-0.4, -0.2) is 52.8 Å². The van der Waals surface area contributed by atoms with E-state index in [0.717, 1.165) is 43.1 Å². The van der Waals surface area contributed by atoms with Crippen molar-refractivity contribution in [3.8, 4) is 0 Å². The van der Waals surface area contributed by atoms with Crippen LogP contribution >= 0.6 is 0 Å². The second kappa shape index (κ2) is 8.14. The van der Waals surface area contributed by atoms with Crippen LogP contribution < -0.4 is 5.32 Å². The maximum Gasteiger partial charge on any atom is 0.317 e. The summed E-state index contributed by atoms with van der Waals surface area (Å²) in [5.41, 5.74) is 3.02. The van der Waals surface area contributed by atoms with Crippen LogP contribution in [0.25, 0.3) is 6.08 Å². The van der Waals surface area contributed by atoms with Gasteiger partial charge in [0, 0.05) is 33.7 Å². The Morgan fingerprint density at radius 2 is 2.08 bits per heavy atom. The average molecular weight is 357 g/mol. The van der Waals surface area contributed by atoms with Crippen molar-refractivity contribution >= 4 is 12.1 Å². The molecule has 138 valence electrons. The van der Waals surface area contributed by atoms with Crippen molar-refractivity contribution in [1.82, 2.24) is 24.9 Å². The molecule has 1 aliphatic rings. The second-order valence-electron chi connectivity index (χ2n) is 6.59. The highest BCUT2D eigenvalue weighted by molar-refractivity contribution is 5.73. The van der Waals surface area contributed by atoms with Crippen LogP contribution in [0.5, 0.6) is 0 Å². The number of carbonyl (C=O) groups is 1. The molecule has 2 amide bonds. The number of benzene rings is 1. The Kier molecular flexibility index (Phi) is 5.68. The van der Waals surface area contributed by atoms with E-state index < -0.39 is 0 Å². The summed E-state index contributed by atoms with van der Waals surface area (Å²) in [7, 11) is 3.43. The summed E-state index contributed by atoms with van der Waals surface area (Å²) in [4.78, 5) is 15.4. The largest absolute Gasteiger partial charge is 0.332 e. The Hall–Kier alpha value is -2.67. The van der Waals surface area contributed by atoms with Gasteiger partial charge in [0.15, 0.2) is 0 Å². The third kappa shape index (κ3) is 4.70. The molecular formula is C19H24FN5O. The molecule has 1 aromatic carbocycles. The molecule has 0 spiro atoms. The second-order valence-corrected chi connectivity index (χ2v) is 6.59. The van der Waals surface area contributed by atoms with Crippen molar-refractivity contribution in [3.63, 3.8) is 0 Å². The van der Waals surface area contributed by atoms with E-state index in [4.69, 9.17) is 0 Å². The fraction of sp³-hybridized carbons (Fsp3) is 0.368. The van der Waals surface area contributed by atoms with Crippen LogP contribution in [0.15, 0.2) is 36.4 Å². The molecule has 0 unspecified atom stereocenters. The summed E-state index contributed by atoms with van der Waals surface area (Å²) in [6.07, 6.45) is 4.10. The zero-order valence-electron chi connectivity index (χ0n) is 15.2. The third-order valence-electron chi connectivity index (χ3n) is 4.30. The molecule has 6 nitrogen and oxygen atoms in total. The number of nitrogens with one attached hydrogen (secondary N) is 1. The first kappa shape index (κ1) is 18.1. The first-order valence-corrected chi connectivity index (χ1v) is 8.66. The van der Waals surface area contributed by atoms with Crippen LogP contribution in [0.2, 0.25) is 0 Å². The maximum atomic E-state index is 12.9. The molecule has 26 heavy (non-hydrogen) atoms. The minimum Gasteiger partial charge on any atom is -0.332 e. The highest BCUT2D eigenvalue weighted by Crippen LogP contribution is 2.14. The summed E-state index contributed by atoms with van der Waals surface area (Å²) in [6, 6.07) is 8.40. The molecule has 1 aliphatic heterocycles. The van der Waals surface area contributed by atoms with Crippen LogP contribution in [0.1, 0.15) is 17.0 Å². The number of carbonyl (C=O) groups excluding carboxylic acids is 1. The van der Waals surface area contributed by atoms with E-state index in [0.29, 0.717) is 6.54 Å². The van der Waals surface area contributed by atoms with Gasteiger partial charge in [0.25, 0.3) is 0 Å². The van der Waals surface area contributed by atoms with Gasteiger partial charge in [-0.3, -0.25) is 9.58 Å². The first-order valence-electron chi connectivity index (χ1n) is 8.66. The molecule has 0 fully saturated rings. The summed E-state index contributed by atoms with van der Waals surface area (Å²) >= 11 is 0. The Bertz CT molecular complexity index is 782. The Morgan fingerprint density at radius 3 is 2.81 bits per heavy atom. The van der Waals surface area contributed by atoms with Crippen LogP contribution in [0, 0.1) is 5.82 Å². The molecule has 1 aromatic heterocycles. The van der Waals surface area contributed by atoms with Crippen LogP contribution in [-0.2, 0) is 19.6 Å². The number of hydrogen-bond donors (Lipinski definition) is 1. The number of hydrogen-bond acceptors (Lipinski definition) is 3. The molecule has 7 heteroatoms. The van der Waals surface area contributed by atoms with E-state index in [1.54, 1.807) is 26.2 Å². The van der Waals surface area contributed by atoms with Crippen molar-refractivity contribution in [2.75, 3.05) is 27.2 Å². The zero-order chi connectivity index (χ0) is 18.5. The predicted molar refractivity (Wildman–Crippen MR) is 98.9 cm³/mol. The molecule has 3 rings (SSSR count). The van der Waals surface area contributed by atoms with Crippen molar-refractivity contribution in [1.29, 1.82) is 0 Å². The van der Waals surface area contributed by atoms with E-state index in [1.165, 1.54) is 17.0 Å². The van der Waals surface area contributed by atoms with Gasteiger partial charge in [-0.2, -0.15) is 5.10 Å². The van der Waals surface area contributed by atoms with Crippen LogP contribution in [0.3, 0.4) is 0 Å². The Labute approximate surface area is 152 Å². The highest BCUT2D eigenvalue weighted by atomic mass is 19.1. The lowest BCUT2D eigenvalue weighted by molar-refractivity contribution is 0.216. The van der Waals surface area contributed by atoms with Crippen LogP contribution in [0.4, 0.5) is 9.18 Å². The minimum absolute atomic E-state index is 0.122. The summed E-state index contributed by atoms with van der Waals surface area (Å²) in [5, 5.41) is 7.39. The topological polar surface area (TPSA) is 53.4 Å². The van der Waals surface area contributed by atoms with E-state index >= 15 is 0 Å². The van der Waals surface area contributed by atoms with Gasteiger partial charge in [-0.05, 0) is 23.8 Å². The normalized spacial score (nSPS) is 14.4. The predicted octanol–water partition coefficient (Wildman–Crippen LogP) is 2.32. The molecule has 1 N–H and O–H groups in total. The van der Waals surface area contributed by atoms with Gasteiger partial charge in [-0.25, -0.2) is 9.18 Å². The monoisotopic (exact) mass is 357 g/mol. The van der Waals surface area contributed by atoms with Gasteiger partial charge >= 0.3 is 6.03 Å². The van der Waals surface area contributed by atoms with E-state index in [2.05, 4.69) is 21.4 Å². The summed E-state index contributed by atoms with van der Waals surface area (Å²) in [5.74, 6) is -0.219. The molecule has 0 saturated carbocycles. The quantitative estimate of drug-likeness (QED) is 0.894. The van der Waals surface area contributed by atoms with Crippen molar-refractivity contribution in [2.24, 2.45) is 0 Å². The minimum atomic E-state index is -0.219. The first-order chi connectivity index (χ1) is 12.5.